The molecule has 3 N–H and O–H groups in total. The molecule has 0 radical (unpaired) electrons. The molecule has 0 aromatic carbocycles. The maximum absolute atomic E-state index is 11.8. The predicted molar refractivity (Wildman–Crippen MR) is 69.4 cm³/mol. The fourth-order valence-corrected chi connectivity index (χ4v) is 2.49. The highest BCUT2D eigenvalue weighted by molar-refractivity contribution is 5.76. The van der Waals surface area contributed by atoms with Gasteiger partial charge in [-0.3, -0.25) is 4.79 Å². The Morgan fingerprint density at radius 1 is 1.39 bits per heavy atom. The van der Waals surface area contributed by atoms with Crippen LogP contribution in [0.2, 0.25) is 0 Å². The van der Waals surface area contributed by atoms with Gasteiger partial charge in [0.05, 0.1) is 6.42 Å². The lowest BCUT2D eigenvalue weighted by Gasteiger charge is -2.28. The first-order valence-corrected chi connectivity index (χ1v) is 6.80. The van der Waals surface area contributed by atoms with Crippen LogP contribution in [-0.4, -0.2) is 29.2 Å². The van der Waals surface area contributed by atoms with Crippen molar-refractivity contribution in [2.75, 3.05) is 0 Å². The van der Waals surface area contributed by atoms with E-state index in [1.807, 2.05) is 6.92 Å². The van der Waals surface area contributed by atoms with Crippen LogP contribution in [0.15, 0.2) is 0 Å². The van der Waals surface area contributed by atoms with Crippen molar-refractivity contribution in [3.63, 3.8) is 0 Å². The molecule has 1 aliphatic rings. The molecular weight excluding hydrogens is 232 g/mol. The zero-order valence-electron chi connectivity index (χ0n) is 11.2. The summed E-state index contributed by atoms with van der Waals surface area (Å²) in [6, 6.07) is -0.290. The molecule has 1 aliphatic carbocycles. The number of carbonyl (C=O) groups is 2. The average Bonchev–Trinajstić information content (AvgIpc) is 2.27. The maximum atomic E-state index is 11.8. The molecule has 5 nitrogen and oxygen atoms in total. The van der Waals surface area contributed by atoms with Gasteiger partial charge in [0, 0.05) is 12.1 Å². The molecule has 3 atom stereocenters. The summed E-state index contributed by atoms with van der Waals surface area (Å²) >= 11 is 0. The van der Waals surface area contributed by atoms with Crippen LogP contribution in [0.25, 0.3) is 0 Å². The number of amides is 2. The number of aliphatic carboxylic acids is 1. The molecule has 2 amide bonds. The van der Waals surface area contributed by atoms with E-state index in [0.717, 1.165) is 19.3 Å². The summed E-state index contributed by atoms with van der Waals surface area (Å²) < 4.78 is 0. The van der Waals surface area contributed by atoms with E-state index in [2.05, 4.69) is 17.6 Å². The van der Waals surface area contributed by atoms with Gasteiger partial charge < -0.3 is 15.7 Å². The highest BCUT2D eigenvalue weighted by Gasteiger charge is 2.21. The number of hydrogen-bond donors (Lipinski definition) is 3. The number of carboxylic acid groups (broad SMARTS) is 1. The fourth-order valence-electron chi connectivity index (χ4n) is 2.49. The van der Waals surface area contributed by atoms with Crippen molar-refractivity contribution in [2.45, 2.75) is 64.5 Å². The topological polar surface area (TPSA) is 78.4 Å². The van der Waals surface area contributed by atoms with Crippen molar-refractivity contribution in [1.29, 1.82) is 0 Å². The molecule has 0 spiro atoms. The summed E-state index contributed by atoms with van der Waals surface area (Å²) in [6.45, 7) is 4.07. The normalized spacial score (nSPS) is 25.2. The van der Waals surface area contributed by atoms with Gasteiger partial charge in [-0.2, -0.15) is 0 Å². The van der Waals surface area contributed by atoms with Crippen molar-refractivity contribution >= 4 is 12.0 Å². The van der Waals surface area contributed by atoms with Gasteiger partial charge in [-0.15, -0.1) is 0 Å². The van der Waals surface area contributed by atoms with E-state index in [-0.39, 0.29) is 24.5 Å². The number of hydrogen-bond acceptors (Lipinski definition) is 2. The van der Waals surface area contributed by atoms with Gasteiger partial charge in [0.2, 0.25) is 0 Å². The van der Waals surface area contributed by atoms with Crippen molar-refractivity contribution in [3.8, 4) is 0 Å². The third-order valence-electron chi connectivity index (χ3n) is 3.52. The molecule has 0 aromatic rings. The Morgan fingerprint density at radius 2 is 2.11 bits per heavy atom. The van der Waals surface area contributed by atoms with Crippen molar-refractivity contribution in [3.05, 3.63) is 0 Å². The van der Waals surface area contributed by atoms with Gasteiger partial charge in [-0.05, 0) is 25.2 Å². The molecule has 3 unspecified atom stereocenters. The molecule has 18 heavy (non-hydrogen) atoms. The lowest BCUT2D eigenvalue weighted by atomic mass is 9.87. The minimum Gasteiger partial charge on any atom is -0.481 e. The molecule has 0 saturated heterocycles. The van der Waals surface area contributed by atoms with Crippen LogP contribution in [0.1, 0.15) is 52.4 Å². The number of urea groups is 1. The summed E-state index contributed by atoms with van der Waals surface area (Å²) in [5, 5.41) is 14.4. The first kappa shape index (κ1) is 14.8. The van der Waals surface area contributed by atoms with Gasteiger partial charge in [0.25, 0.3) is 0 Å². The van der Waals surface area contributed by atoms with Crippen LogP contribution in [0.4, 0.5) is 4.79 Å². The summed E-state index contributed by atoms with van der Waals surface area (Å²) in [5.41, 5.74) is 0. The SMILES string of the molecule is CCC(CC(=O)O)NC(=O)NC1CCCC(C)C1. The Balaban J connectivity index is 2.33. The van der Waals surface area contributed by atoms with Crippen molar-refractivity contribution in [2.24, 2.45) is 5.92 Å². The Bertz CT molecular complexity index is 294. The van der Waals surface area contributed by atoms with E-state index in [4.69, 9.17) is 5.11 Å². The van der Waals surface area contributed by atoms with Gasteiger partial charge in [0.1, 0.15) is 0 Å². The van der Waals surface area contributed by atoms with E-state index in [1.54, 1.807) is 0 Å². The lowest BCUT2D eigenvalue weighted by Crippen LogP contribution is -2.47. The van der Waals surface area contributed by atoms with Crippen molar-refractivity contribution < 1.29 is 14.7 Å². The van der Waals surface area contributed by atoms with E-state index in [0.29, 0.717) is 12.3 Å². The molecular formula is C13H24N2O3. The second-order valence-corrected chi connectivity index (χ2v) is 5.29. The summed E-state index contributed by atoms with van der Waals surface area (Å²) in [4.78, 5) is 22.4. The van der Waals surface area contributed by atoms with Crippen LogP contribution in [-0.2, 0) is 4.79 Å². The first-order valence-electron chi connectivity index (χ1n) is 6.80. The van der Waals surface area contributed by atoms with Gasteiger partial charge in [0.15, 0.2) is 0 Å². The number of carboxylic acids is 1. The third-order valence-corrected chi connectivity index (χ3v) is 3.52. The van der Waals surface area contributed by atoms with Gasteiger partial charge >= 0.3 is 12.0 Å². The first-order chi connectivity index (χ1) is 8.51. The zero-order valence-corrected chi connectivity index (χ0v) is 11.2. The summed E-state index contributed by atoms with van der Waals surface area (Å²) in [5.74, 6) is -0.224. The summed E-state index contributed by atoms with van der Waals surface area (Å²) in [6.07, 6.45) is 5.03. The zero-order chi connectivity index (χ0) is 13.5. The van der Waals surface area contributed by atoms with E-state index in [1.165, 1.54) is 6.42 Å². The molecule has 0 aliphatic heterocycles. The van der Waals surface area contributed by atoms with E-state index >= 15 is 0 Å². The standard InChI is InChI=1S/C13H24N2O3/c1-3-10(8-12(16)17)14-13(18)15-11-6-4-5-9(2)7-11/h9-11H,3-8H2,1-2H3,(H,16,17)(H2,14,15,18). The molecule has 1 rings (SSSR count). The van der Waals surface area contributed by atoms with Crippen LogP contribution in [0.5, 0.6) is 0 Å². The lowest BCUT2D eigenvalue weighted by molar-refractivity contribution is -0.137. The Kier molecular flexibility index (Phi) is 5.95. The molecule has 1 fully saturated rings. The van der Waals surface area contributed by atoms with Gasteiger partial charge in [-0.25, -0.2) is 4.79 Å². The second kappa shape index (κ2) is 7.24. The third kappa shape index (κ3) is 5.38. The Morgan fingerprint density at radius 3 is 2.67 bits per heavy atom. The summed E-state index contributed by atoms with van der Waals surface area (Å²) in [7, 11) is 0. The largest absolute Gasteiger partial charge is 0.481 e. The van der Waals surface area contributed by atoms with Gasteiger partial charge in [-0.1, -0.05) is 26.7 Å². The van der Waals surface area contributed by atoms with Crippen LogP contribution in [0.3, 0.4) is 0 Å². The second-order valence-electron chi connectivity index (χ2n) is 5.29. The number of carbonyl (C=O) groups excluding carboxylic acids is 1. The Labute approximate surface area is 108 Å². The molecule has 104 valence electrons. The average molecular weight is 256 g/mol. The minimum atomic E-state index is -0.881. The predicted octanol–water partition coefficient (Wildman–Crippen LogP) is 2.12. The van der Waals surface area contributed by atoms with Crippen LogP contribution in [0, 0.1) is 5.92 Å². The molecule has 0 heterocycles. The highest BCUT2D eigenvalue weighted by Crippen LogP contribution is 2.23. The number of rotatable bonds is 5. The molecule has 0 aromatic heterocycles. The van der Waals surface area contributed by atoms with Crippen LogP contribution >= 0.6 is 0 Å². The van der Waals surface area contributed by atoms with E-state index in [9.17, 15) is 9.59 Å². The minimum absolute atomic E-state index is 0.0228. The molecule has 5 heteroatoms. The Hall–Kier alpha value is -1.26. The quantitative estimate of drug-likeness (QED) is 0.705. The smallest absolute Gasteiger partial charge is 0.315 e. The maximum Gasteiger partial charge on any atom is 0.315 e. The number of nitrogens with one attached hydrogen (secondary N) is 2. The molecule has 0 bridgehead atoms. The fraction of sp³-hybridized carbons (Fsp3) is 0.846. The monoisotopic (exact) mass is 256 g/mol. The molecule has 1 saturated carbocycles. The van der Waals surface area contributed by atoms with E-state index < -0.39 is 5.97 Å². The highest BCUT2D eigenvalue weighted by atomic mass is 16.4. The van der Waals surface area contributed by atoms with Crippen molar-refractivity contribution in [1.82, 2.24) is 10.6 Å². The van der Waals surface area contributed by atoms with Crippen LogP contribution < -0.4 is 10.6 Å².